The van der Waals surface area contributed by atoms with Crippen LogP contribution in [0.25, 0.3) is 0 Å². The number of hydrogen-bond donors (Lipinski definition) is 0. The van der Waals surface area contributed by atoms with E-state index < -0.39 is 0 Å². The van der Waals surface area contributed by atoms with E-state index in [1.807, 2.05) is 6.07 Å². The van der Waals surface area contributed by atoms with Crippen molar-refractivity contribution in [3.05, 3.63) is 23.7 Å². The first-order valence-electron chi connectivity index (χ1n) is 2.41. The summed E-state index contributed by atoms with van der Waals surface area (Å²) >= 11 is 3.18. The van der Waals surface area contributed by atoms with Crippen LogP contribution in [0.2, 0.25) is 0 Å². The van der Waals surface area contributed by atoms with Crippen LogP contribution in [0.15, 0.2) is 16.7 Å². The minimum Gasteiger partial charge on any atom is -0.467 e. The van der Waals surface area contributed by atoms with Gasteiger partial charge in [-0.25, -0.2) is 0 Å². The summed E-state index contributed by atoms with van der Waals surface area (Å²) in [5.41, 5.74) is 0.604. The summed E-state index contributed by atoms with van der Waals surface area (Å²) in [7, 11) is 0. The van der Waals surface area contributed by atoms with Crippen molar-refractivity contribution in [2.24, 2.45) is 0 Å². The minimum atomic E-state index is 0.600. The van der Waals surface area contributed by atoms with Crippen LogP contribution in [-0.2, 0) is 5.33 Å². The van der Waals surface area contributed by atoms with Gasteiger partial charge in [0.05, 0.1) is 17.2 Å². The smallest absolute Gasteiger partial charge is 0.132 e. The van der Waals surface area contributed by atoms with Gasteiger partial charge in [0.2, 0.25) is 0 Å². The van der Waals surface area contributed by atoms with E-state index in [0.717, 1.165) is 0 Å². The largest absolute Gasteiger partial charge is 0.467 e. The van der Waals surface area contributed by atoms with Crippen molar-refractivity contribution < 1.29 is 4.42 Å². The number of furan rings is 1. The van der Waals surface area contributed by atoms with Crippen molar-refractivity contribution in [1.29, 1.82) is 5.26 Å². The van der Waals surface area contributed by atoms with E-state index >= 15 is 0 Å². The van der Waals surface area contributed by atoms with Gasteiger partial charge in [0.1, 0.15) is 11.8 Å². The molecule has 0 aliphatic heterocycles. The van der Waals surface area contributed by atoms with E-state index in [4.69, 9.17) is 9.68 Å². The molecule has 46 valence electrons. The third-order valence-corrected chi connectivity index (χ3v) is 1.50. The van der Waals surface area contributed by atoms with Crippen LogP contribution < -0.4 is 0 Å². The molecule has 0 saturated heterocycles. The van der Waals surface area contributed by atoms with E-state index in [1.165, 1.54) is 6.26 Å². The second kappa shape index (κ2) is 2.70. The maximum atomic E-state index is 8.41. The lowest BCUT2D eigenvalue weighted by Gasteiger charge is -1.83. The molecule has 0 aliphatic carbocycles. The first kappa shape index (κ1) is 6.37. The molecule has 0 amide bonds. The fraction of sp³-hybridized carbons (Fsp3) is 0.167. The normalized spacial score (nSPS) is 8.89. The summed E-state index contributed by atoms with van der Waals surface area (Å²) in [6.45, 7) is 0. The topological polar surface area (TPSA) is 36.9 Å². The molecule has 0 atom stereocenters. The maximum Gasteiger partial charge on any atom is 0.132 e. The van der Waals surface area contributed by atoms with Gasteiger partial charge in [-0.2, -0.15) is 5.26 Å². The van der Waals surface area contributed by atoms with Gasteiger partial charge in [0.25, 0.3) is 0 Å². The molecule has 0 aromatic carbocycles. The van der Waals surface area contributed by atoms with Gasteiger partial charge in [0, 0.05) is 0 Å². The van der Waals surface area contributed by atoms with Gasteiger partial charge >= 0.3 is 0 Å². The highest BCUT2D eigenvalue weighted by Gasteiger charge is 2.00. The summed E-state index contributed by atoms with van der Waals surface area (Å²) in [5.74, 6) is 0.692. The van der Waals surface area contributed by atoms with Gasteiger partial charge in [0.15, 0.2) is 0 Å². The Bertz CT molecular complexity index is 235. The Hall–Kier alpha value is -0.750. The Kier molecular flexibility index (Phi) is 1.91. The highest BCUT2D eigenvalue weighted by atomic mass is 79.9. The Morgan fingerprint density at radius 1 is 1.78 bits per heavy atom. The minimum absolute atomic E-state index is 0.600. The average molecular weight is 186 g/mol. The highest BCUT2D eigenvalue weighted by molar-refractivity contribution is 9.08. The summed E-state index contributed by atoms with van der Waals surface area (Å²) < 4.78 is 4.94. The predicted molar refractivity (Wildman–Crippen MR) is 36.1 cm³/mol. The molecule has 0 fully saturated rings. The van der Waals surface area contributed by atoms with Crippen molar-refractivity contribution in [1.82, 2.24) is 0 Å². The van der Waals surface area contributed by atoms with Crippen molar-refractivity contribution in [2.45, 2.75) is 5.33 Å². The van der Waals surface area contributed by atoms with Crippen LogP contribution in [0, 0.1) is 11.3 Å². The summed E-state index contributed by atoms with van der Waals surface area (Å²) in [5, 5.41) is 9.01. The van der Waals surface area contributed by atoms with Gasteiger partial charge in [-0.1, -0.05) is 15.9 Å². The molecule has 0 radical (unpaired) electrons. The molecule has 0 aliphatic rings. The zero-order valence-electron chi connectivity index (χ0n) is 4.60. The van der Waals surface area contributed by atoms with Crippen LogP contribution in [0.1, 0.15) is 11.3 Å². The van der Waals surface area contributed by atoms with Crippen molar-refractivity contribution in [3.8, 4) is 6.07 Å². The maximum absolute atomic E-state index is 8.41. The van der Waals surface area contributed by atoms with Crippen molar-refractivity contribution in [3.63, 3.8) is 0 Å². The zero-order valence-corrected chi connectivity index (χ0v) is 6.18. The van der Waals surface area contributed by atoms with Gasteiger partial charge in [-0.3, -0.25) is 0 Å². The van der Waals surface area contributed by atoms with Gasteiger partial charge < -0.3 is 4.42 Å². The zero-order chi connectivity index (χ0) is 6.69. The molecule has 0 unspecified atom stereocenters. The second-order valence-electron chi connectivity index (χ2n) is 1.50. The van der Waals surface area contributed by atoms with E-state index in [9.17, 15) is 0 Å². The van der Waals surface area contributed by atoms with E-state index in [0.29, 0.717) is 16.7 Å². The molecule has 3 heteroatoms. The number of hydrogen-bond acceptors (Lipinski definition) is 2. The van der Waals surface area contributed by atoms with E-state index in [2.05, 4.69) is 15.9 Å². The fourth-order valence-corrected chi connectivity index (χ4v) is 0.978. The third-order valence-electron chi connectivity index (χ3n) is 0.987. The molecule has 0 saturated carbocycles. The Morgan fingerprint density at radius 2 is 2.56 bits per heavy atom. The average Bonchev–Trinajstić information content (AvgIpc) is 2.33. The molecule has 0 spiro atoms. The highest BCUT2D eigenvalue weighted by Crippen LogP contribution is 2.11. The number of nitrogens with zero attached hydrogens (tertiary/aromatic N) is 1. The molecule has 9 heavy (non-hydrogen) atoms. The lowest BCUT2D eigenvalue weighted by Crippen LogP contribution is -1.74. The molecule has 2 nitrogen and oxygen atoms in total. The number of rotatable bonds is 1. The number of nitriles is 1. The molecule has 1 aromatic heterocycles. The van der Waals surface area contributed by atoms with Crippen molar-refractivity contribution in [2.75, 3.05) is 0 Å². The first-order valence-corrected chi connectivity index (χ1v) is 3.53. The lowest BCUT2D eigenvalue weighted by molar-refractivity contribution is 0.530. The van der Waals surface area contributed by atoms with Gasteiger partial charge in [-0.05, 0) is 6.07 Å². The SMILES string of the molecule is N#Cc1ccoc1CBr. The molecule has 0 N–H and O–H groups in total. The van der Waals surface area contributed by atoms with E-state index in [1.54, 1.807) is 6.07 Å². The van der Waals surface area contributed by atoms with Crippen LogP contribution in [0.3, 0.4) is 0 Å². The molecule has 1 heterocycles. The monoisotopic (exact) mass is 185 g/mol. The Morgan fingerprint density at radius 3 is 3.00 bits per heavy atom. The molecule has 1 rings (SSSR count). The van der Waals surface area contributed by atoms with Gasteiger partial charge in [-0.15, -0.1) is 0 Å². The van der Waals surface area contributed by atoms with Crippen LogP contribution in [0.5, 0.6) is 0 Å². The Balaban J connectivity index is 3.02. The molecular weight excluding hydrogens is 182 g/mol. The molecule has 1 aromatic rings. The fourth-order valence-electron chi connectivity index (χ4n) is 0.544. The summed E-state index contributed by atoms with van der Waals surface area (Å²) in [4.78, 5) is 0. The Labute approximate surface area is 61.2 Å². The quantitative estimate of drug-likeness (QED) is 0.629. The number of alkyl halides is 1. The predicted octanol–water partition coefficient (Wildman–Crippen LogP) is 2.05. The third kappa shape index (κ3) is 1.14. The molecular formula is C6H4BrNO. The molecule has 0 bridgehead atoms. The summed E-state index contributed by atoms with van der Waals surface area (Å²) in [6.07, 6.45) is 1.51. The van der Waals surface area contributed by atoms with Crippen LogP contribution in [0.4, 0.5) is 0 Å². The number of halogens is 1. The van der Waals surface area contributed by atoms with Crippen LogP contribution >= 0.6 is 15.9 Å². The lowest BCUT2D eigenvalue weighted by atomic mass is 10.3. The second-order valence-corrected chi connectivity index (χ2v) is 2.06. The summed E-state index contributed by atoms with van der Waals surface area (Å²) in [6, 6.07) is 3.65. The van der Waals surface area contributed by atoms with E-state index in [-0.39, 0.29) is 0 Å². The van der Waals surface area contributed by atoms with Crippen LogP contribution in [-0.4, -0.2) is 0 Å². The first-order chi connectivity index (χ1) is 4.38. The van der Waals surface area contributed by atoms with Crippen molar-refractivity contribution >= 4 is 15.9 Å². The standard InChI is InChI=1S/C6H4BrNO/c7-3-6-5(4-8)1-2-9-6/h1-2H,3H2.